The first-order chi connectivity index (χ1) is 13.6. The molecule has 28 heavy (non-hydrogen) atoms. The predicted octanol–water partition coefficient (Wildman–Crippen LogP) is 5.51. The van der Waals surface area contributed by atoms with Crippen molar-refractivity contribution in [2.45, 2.75) is 26.7 Å². The summed E-state index contributed by atoms with van der Waals surface area (Å²) in [6.45, 7) is 4.14. The molecular formula is C24H22N2O2. The second-order valence-corrected chi connectivity index (χ2v) is 6.92. The molecule has 1 aromatic heterocycles. The van der Waals surface area contributed by atoms with Gasteiger partial charge in [0.25, 0.3) is 0 Å². The van der Waals surface area contributed by atoms with Crippen LogP contribution < -0.4 is 4.74 Å². The van der Waals surface area contributed by atoms with Gasteiger partial charge >= 0.3 is 5.97 Å². The van der Waals surface area contributed by atoms with E-state index < -0.39 is 0 Å². The Morgan fingerprint density at radius 1 is 0.964 bits per heavy atom. The fourth-order valence-corrected chi connectivity index (χ4v) is 3.20. The van der Waals surface area contributed by atoms with Crippen molar-refractivity contribution in [3.63, 3.8) is 0 Å². The van der Waals surface area contributed by atoms with Crippen molar-refractivity contribution in [2.75, 3.05) is 0 Å². The first-order valence-corrected chi connectivity index (χ1v) is 9.51. The predicted molar refractivity (Wildman–Crippen MR) is 111 cm³/mol. The summed E-state index contributed by atoms with van der Waals surface area (Å²) in [7, 11) is 0. The van der Waals surface area contributed by atoms with Gasteiger partial charge in [-0.15, -0.1) is 0 Å². The van der Waals surface area contributed by atoms with Crippen molar-refractivity contribution in [1.29, 1.82) is 0 Å². The summed E-state index contributed by atoms with van der Waals surface area (Å²) in [4.78, 5) is 12.8. The smallest absolute Gasteiger partial charge is 0.344 e. The third-order valence-corrected chi connectivity index (χ3v) is 4.69. The molecule has 0 aliphatic rings. The summed E-state index contributed by atoms with van der Waals surface area (Å²) in [6, 6.07) is 23.4. The van der Waals surface area contributed by atoms with Gasteiger partial charge in [0, 0.05) is 6.07 Å². The molecule has 3 aromatic carbocycles. The van der Waals surface area contributed by atoms with Crippen LogP contribution in [0.25, 0.3) is 16.5 Å². The van der Waals surface area contributed by atoms with Crippen LogP contribution in [0.3, 0.4) is 0 Å². The van der Waals surface area contributed by atoms with Crippen molar-refractivity contribution < 1.29 is 9.53 Å². The van der Waals surface area contributed by atoms with E-state index in [4.69, 9.17) is 4.74 Å². The standard InChI is InChI=1S/C24H22N2O2/c1-3-6-21-16-23(26(25-21)22-13-9-17(2)10-14-22)28-24(27)20-12-11-18-7-4-5-8-19(18)15-20/h4-5,7-16H,3,6H2,1-2H3. The van der Waals surface area contributed by atoms with Crippen molar-refractivity contribution >= 4 is 16.7 Å². The van der Waals surface area contributed by atoms with Gasteiger partial charge in [-0.05, 0) is 48.4 Å². The maximum Gasteiger partial charge on any atom is 0.344 e. The lowest BCUT2D eigenvalue weighted by atomic mass is 10.1. The average Bonchev–Trinajstić information content (AvgIpc) is 3.10. The molecule has 0 radical (unpaired) electrons. The molecule has 4 heteroatoms. The first kappa shape index (κ1) is 18.0. The normalized spacial score (nSPS) is 10.9. The molecule has 0 atom stereocenters. The maximum atomic E-state index is 12.8. The number of nitrogens with zero attached hydrogens (tertiary/aromatic N) is 2. The number of esters is 1. The molecular weight excluding hydrogens is 348 g/mol. The van der Waals surface area contributed by atoms with Gasteiger partial charge in [-0.1, -0.05) is 61.4 Å². The lowest BCUT2D eigenvalue weighted by molar-refractivity contribution is 0.0723. The van der Waals surface area contributed by atoms with E-state index in [2.05, 4.69) is 12.0 Å². The molecule has 140 valence electrons. The van der Waals surface area contributed by atoms with E-state index in [0.29, 0.717) is 11.4 Å². The van der Waals surface area contributed by atoms with Gasteiger partial charge in [0.15, 0.2) is 0 Å². The van der Waals surface area contributed by atoms with Gasteiger partial charge in [-0.3, -0.25) is 0 Å². The van der Waals surface area contributed by atoms with Crippen LogP contribution in [0.2, 0.25) is 0 Å². The Bertz CT molecular complexity index is 1130. The van der Waals surface area contributed by atoms with E-state index >= 15 is 0 Å². The zero-order valence-corrected chi connectivity index (χ0v) is 16.1. The number of fused-ring (bicyclic) bond motifs is 1. The Kier molecular flexibility index (Phi) is 4.94. The Morgan fingerprint density at radius 2 is 1.71 bits per heavy atom. The molecule has 0 unspecified atom stereocenters. The zero-order valence-electron chi connectivity index (χ0n) is 16.1. The Hall–Kier alpha value is -3.40. The fraction of sp³-hybridized carbons (Fsp3) is 0.167. The first-order valence-electron chi connectivity index (χ1n) is 9.51. The van der Waals surface area contributed by atoms with Crippen molar-refractivity contribution in [2.24, 2.45) is 0 Å². The molecule has 0 saturated carbocycles. The summed E-state index contributed by atoms with van der Waals surface area (Å²) in [5, 5.41) is 6.74. The van der Waals surface area contributed by atoms with Gasteiger partial charge in [0.2, 0.25) is 5.88 Å². The lowest BCUT2D eigenvalue weighted by Crippen LogP contribution is -2.11. The molecule has 0 aliphatic heterocycles. The number of hydrogen-bond acceptors (Lipinski definition) is 3. The minimum absolute atomic E-state index is 0.387. The molecule has 1 heterocycles. The summed E-state index contributed by atoms with van der Waals surface area (Å²) in [5.74, 6) is 0.0486. The Morgan fingerprint density at radius 3 is 2.46 bits per heavy atom. The molecule has 4 nitrogen and oxygen atoms in total. The second-order valence-electron chi connectivity index (χ2n) is 6.92. The highest BCUT2D eigenvalue weighted by Crippen LogP contribution is 2.23. The van der Waals surface area contributed by atoms with Gasteiger partial charge in [0.05, 0.1) is 16.9 Å². The van der Waals surface area contributed by atoms with Crippen LogP contribution in [-0.2, 0) is 6.42 Å². The summed E-state index contributed by atoms with van der Waals surface area (Å²) < 4.78 is 7.45. The van der Waals surface area contributed by atoms with E-state index in [1.807, 2.05) is 73.7 Å². The maximum absolute atomic E-state index is 12.8. The van der Waals surface area contributed by atoms with E-state index in [-0.39, 0.29) is 5.97 Å². The number of aromatic nitrogens is 2. The van der Waals surface area contributed by atoms with Crippen LogP contribution >= 0.6 is 0 Å². The minimum Gasteiger partial charge on any atom is -0.404 e. The van der Waals surface area contributed by atoms with Gasteiger partial charge in [-0.25, -0.2) is 9.48 Å². The number of carbonyl (C=O) groups excluding carboxylic acids is 1. The highest BCUT2D eigenvalue weighted by Gasteiger charge is 2.16. The largest absolute Gasteiger partial charge is 0.404 e. The minimum atomic E-state index is -0.387. The number of carbonyl (C=O) groups is 1. The highest BCUT2D eigenvalue weighted by molar-refractivity contribution is 5.96. The van der Waals surface area contributed by atoms with Crippen molar-refractivity contribution in [3.05, 3.63) is 89.6 Å². The van der Waals surface area contributed by atoms with E-state index in [9.17, 15) is 4.79 Å². The number of hydrogen-bond donors (Lipinski definition) is 0. The Labute approximate surface area is 164 Å². The molecule has 0 N–H and O–H groups in total. The van der Waals surface area contributed by atoms with Crippen molar-refractivity contribution in [3.8, 4) is 11.6 Å². The molecule has 0 amide bonds. The topological polar surface area (TPSA) is 44.1 Å². The number of rotatable bonds is 5. The van der Waals surface area contributed by atoms with Crippen LogP contribution in [0, 0.1) is 6.92 Å². The lowest BCUT2D eigenvalue weighted by Gasteiger charge is -2.09. The van der Waals surface area contributed by atoms with Crippen LogP contribution in [0.1, 0.15) is 35.0 Å². The van der Waals surface area contributed by atoms with Crippen LogP contribution in [0.15, 0.2) is 72.8 Å². The fourth-order valence-electron chi connectivity index (χ4n) is 3.20. The molecule has 0 saturated heterocycles. The number of aryl methyl sites for hydroxylation is 2. The van der Waals surface area contributed by atoms with Crippen LogP contribution in [-0.4, -0.2) is 15.7 Å². The molecule has 0 spiro atoms. The monoisotopic (exact) mass is 370 g/mol. The third kappa shape index (κ3) is 3.67. The quantitative estimate of drug-likeness (QED) is 0.435. The van der Waals surface area contributed by atoms with Crippen LogP contribution in [0.4, 0.5) is 0 Å². The number of benzene rings is 3. The van der Waals surface area contributed by atoms with Gasteiger partial charge in [-0.2, -0.15) is 5.10 Å². The summed E-state index contributed by atoms with van der Waals surface area (Å²) in [6.07, 6.45) is 1.81. The van der Waals surface area contributed by atoms with Crippen molar-refractivity contribution in [1.82, 2.24) is 9.78 Å². The zero-order chi connectivity index (χ0) is 19.5. The number of ether oxygens (including phenoxy) is 1. The molecule has 0 bridgehead atoms. The van der Waals surface area contributed by atoms with Gasteiger partial charge < -0.3 is 4.74 Å². The summed E-state index contributed by atoms with van der Waals surface area (Å²) in [5.41, 5.74) is 3.46. The van der Waals surface area contributed by atoms with Gasteiger partial charge in [0.1, 0.15) is 0 Å². The molecule has 0 fully saturated rings. The summed E-state index contributed by atoms with van der Waals surface area (Å²) >= 11 is 0. The molecule has 4 aromatic rings. The molecule has 4 rings (SSSR count). The second kappa shape index (κ2) is 7.69. The van der Waals surface area contributed by atoms with E-state index in [1.54, 1.807) is 10.7 Å². The SMILES string of the molecule is CCCc1cc(OC(=O)c2ccc3ccccc3c2)n(-c2ccc(C)cc2)n1. The van der Waals surface area contributed by atoms with E-state index in [1.165, 1.54) is 5.56 Å². The van der Waals surface area contributed by atoms with E-state index in [0.717, 1.165) is 35.0 Å². The average molecular weight is 370 g/mol. The third-order valence-electron chi connectivity index (χ3n) is 4.69. The highest BCUT2D eigenvalue weighted by atomic mass is 16.5. The Balaban J connectivity index is 1.67. The molecule has 0 aliphatic carbocycles. The van der Waals surface area contributed by atoms with Crippen LogP contribution in [0.5, 0.6) is 5.88 Å².